The zero-order valence-electron chi connectivity index (χ0n) is 13.9. The smallest absolute Gasteiger partial charge is 0.255 e. The van der Waals surface area contributed by atoms with E-state index in [9.17, 15) is 9.59 Å². The largest absolute Gasteiger partial charge is 0.484 e. The first-order chi connectivity index (χ1) is 12.6. The van der Waals surface area contributed by atoms with E-state index < -0.39 is 5.91 Å². The van der Waals surface area contributed by atoms with Gasteiger partial charge >= 0.3 is 0 Å². The molecule has 6 nitrogen and oxygen atoms in total. The van der Waals surface area contributed by atoms with E-state index in [1.165, 1.54) is 6.08 Å². The number of nitrogens with two attached hydrogens (primary N) is 1. The van der Waals surface area contributed by atoms with Crippen LogP contribution in [0.1, 0.15) is 5.56 Å². The average Bonchev–Trinajstić information content (AvgIpc) is 2.65. The van der Waals surface area contributed by atoms with Crippen molar-refractivity contribution in [1.82, 2.24) is 4.98 Å². The fraction of sp³-hybridized carbons (Fsp3) is 0.0500. The molecule has 6 heteroatoms. The molecule has 0 saturated carbocycles. The van der Waals surface area contributed by atoms with Crippen molar-refractivity contribution in [2.24, 2.45) is 5.73 Å². The lowest BCUT2D eigenvalue weighted by Gasteiger charge is -2.04. The van der Waals surface area contributed by atoms with Crippen LogP contribution in [0.15, 0.2) is 66.9 Å². The number of hydrogen-bond acceptors (Lipinski definition) is 4. The lowest BCUT2D eigenvalue weighted by molar-refractivity contribution is -0.120. The first kappa shape index (κ1) is 17.2. The van der Waals surface area contributed by atoms with E-state index in [4.69, 9.17) is 10.5 Å². The molecular weight excluding hydrogens is 330 g/mol. The molecule has 0 spiro atoms. The summed E-state index contributed by atoms with van der Waals surface area (Å²) in [5, 5.41) is 3.78. The van der Waals surface area contributed by atoms with Gasteiger partial charge in [-0.05, 0) is 48.0 Å². The summed E-state index contributed by atoms with van der Waals surface area (Å²) in [6.45, 7) is -0.168. The van der Waals surface area contributed by atoms with E-state index in [0.29, 0.717) is 11.4 Å². The number of carbonyl (C=O) groups excluding carboxylic acids is 2. The van der Waals surface area contributed by atoms with Gasteiger partial charge in [0, 0.05) is 23.3 Å². The summed E-state index contributed by atoms with van der Waals surface area (Å²) >= 11 is 0. The maximum atomic E-state index is 12.1. The van der Waals surface area contributed by atoms with Gasteiger partial charge in [0.25, 0.3) is 5.91 Å². The Labute approximate surface area is 150 Å². The molecule has 0 atom stereocenters. The Bertz CT molecular complexity index is 965. The van der Waals surface area contributed by atoms with Gasteiger partial charge in [-0.3, -0.25) is 14.6 Å². The van der Waals surface area contributed by atoms with Crippen LogP contribution < -0.4 is 15.8 Å². The number of pyridine rings is 1. The van der Waals surface area contributed by atoms with Gasteiger partial charge in [-0.25, -0.2) is 0 Å². The topological polar surface area (TPSA) is 94.3 Å². The molecule has 1 aromatic heterocycles. The molecule has 0 radical (unpaired) electrons. The minimum absolute atomic E-state index is 0.168. The monoisotopic (exact) mass is 347 g/mol. The molecular formula is C20H17N3O3. The van der Waals surface area contributed by atoms with Gasteiger partial charge in [0.1, 0.15) is 5.75 Å². The van der Waals surface area contributed by atoms with Crippen molar-refractivity contribution in [3.63, 3.8) is 0 Å². The summed E-state index contributed by atoms with van der Waals surface area (Å²) in [6.07, 6.45) is 4.87. The number of fused-ring (bicyclic) bond motifs is 1. The number of rotatable bonds is 6. The molecule has 2 aromatic carbocycles. The van der Waals surface area contributed by atoms with E-state index >= 15 is 0 Å². The van der Waals surface area contributed by atoms with Crippen LogP contribution in [-0.4, -0.2) is 23.4 Å². The Hall–Kier alpha value is -3.67. The number of hydrogen-bond donors (Lipinski definition) is 2. The first-order valence-electron chi connectivity index (χ1n) is 7.95. The van der Waals surface area contributed by atoms with Crippen LogP contribution >= 0.6 is 0 Å². The number of amides is 2. The fourth-order valence-electron chi connectivity index (χ4n) is 2.34. The molecule has 26 heavy (non-hydrogen) atoms. The molecule has 3 aromatic rings. The Balaban J connectivity index is 1.60. The third-order valence-electron chi connectivity index (χ3n) is 3.56. The number of anilines is 1. The molecule has 0 aliphatic rings. The minimum Gasteiger partial charge on any atom is -0.484 e. The van der Waals surface area contributed by atoms with Gasteiger partial charge in [-0.1, -0.05) is 18.2 Å². The van der Waals surface area contributed by atoms with Crippen molar-refractivity contribution in [2.45, 2.75) is 0 Å². The molecule has 0 bridgehead atoms. The molecule has 2 amide bonds. The van der Waals surface area contributed by atoms with Crippen LogP contribution in [0.3, 0.4) is 0 Å². The third-order valence-corrected chi connectivity index (χ3v) is 3.56. The SMILES string of the molecule is NC(=O)COc1ccc(/C=C/C(=O)Nc2ccc3ncccc3c2)cc1. The van der Waals surface area contributed by atoms with Crippen molar-refractivity contribution in [1.29, 1.82) is 0 Å². The normalized spacial score (nSPS) is 10.8. The highest BCUT2D eigenvalue weighted by atomic mass is 16.5. The molecule has 0 saturated heterocycles. The van der Waals surface area contributed by atoms with Crippen LogP contribution in [0.2, 0.25) is 0 Å². The van der Waals surface area contributed by atoms with E-state index in [-0.39, 0.29) is 12.5 Å². The van der Waals surface area contributed by atoms with Crippen molar-refractivity contribution in [2.75, 3.05) is 11.9 Å². The number of ether oxygens (including phenoxy) is 1. The molecule has 0 aliphatic carbocycles. The summed E-state index contributed by atoms with van der Waals surface area (Å²) < 4.78 is 5.18. The number of nitrogens with zero attached hydrogens (tertiary/aromatic N) is 1. The number of benzene rings is 2. The summed E-state index contributed by atoms with van der Waals surface area (Å²) in [4.78, 5) is 27.0. The highest BCUT2D eigenvalue weighted by Gasteiger charge is 2.01. The average molecular weight is 347 g/mol. The third kappa shape index (κ3) is 4.67. The highest BCUT2D eigenvalue weighted by molar-refractivity contribution is 6.02. The van der Waals surface area contributed by atoms with Crippen LogP contribution in [-0.2, 0) is 9.59 Å². The van der Waals surface area contributed by atoms with Gasteiger partial charge in [0.05, 0.1) is 5.52 Å². The maximum absolute atomic E-state index is 12.1. The van der Waals surface area contributed by atoms with E-state index in [1.807, 2.05) is 30.3 Å². The van der Waals surface area contributed by atoms with E-state index in [2.05, 4.69) is 10.3 Å². The Morgan fingerprint density at radius 1 is 1.12 bits per heavy atom. The molecule has 0 aliphatic heterocycles. The van der Waals surface area contributed by atoms with Crippen molar-refractivity contribution < 1.29 is 14.3 Å². The second kappa shape index (κ2) is 7.94. The van der Waals surface area contributed by atoms with Gasteiger partial charge in [-0.15, -0.1) is 0 Å². The van der Waals surface area contributed by atoms with Gasteiger partial charge in [-0.2, -0.15) is 0 Å². The van der Waals surface area contributed by atoms with Gasteiger partial charge in [0.15, 0.2) is 6.61 Å². The van der Waals surface area contributed by atoms with Crippen LogP contribution in [0.4, 0.5) is 5.69 Å². The number of carbonyl (C=O) groups is 2. The zero-order valence-corrected chi connectivity index (χ0v) is 13.9. The highest BCUT2D eigenvalue weighted by Crippen LogP contribution is 2.17. The van der Waals surface area contributed by atoms with E-state index in [0.717, 1.165) is 16.5 Å². The quantitative estimate of drug-likeness (QED) is 0.670. The number of nitrogens with one attached hydrogen (secondary N) is 1. The van der Waals surface area contributed by atoms with Crippen molar-refractivity contribution >= 4 is 34.5 Å². The molecule has 3 N–H and O–H groups in total. The summed E-state index contributed by atoms with van der Waals surface area (Å²) in [6, 6.07) is 16.3. The van der Waals surface area contributed by atoms with Crippen molar-refractivity contribution in [3.05, 3.63) is 72.4 Å². The Morgan fingerprint density at radius 2 is 1.92 bits per heavy atom. The molecule has 1 heterocycles. The summed E-state index contributed by atoms with van der Waals surface area (Å²) in [5.74, 6) is -0.229. The van der Waals surface area contributed by atoms with Crippen molar-refractivity contribution in [3.8, 4) is 5.75 Å². The van der Waals surface area contributed by atoms with E-state index in [1.54, 1.807) is 36.5 Å². The number of aromatic nitrogens is 1. The fourth-order valence-corrected chi connectivity index (χ4v) is 2.34. The Kier molecular flexibility index (Phi) is 5.24. The van der Waals surface area contributed by atoms with Gasteiger partial charge in [0.2, 0.25) is 5.91 Å². The maximum Gasteiger partial charge on any atom is 0.255 e. The first-order valence-corrected chi connectivity index (χ1v) is 7.95. The van der Waals surface area contributed by atoms with Crippen LogP contribution in [0.5, 0.6) is 5.75 Å². The molecule has 0 unspecified atom stereocenters. The minimum atomic E-state index is -0.532. The zero-order chi connectivity index (χ0) is 18.4. The van der Waals surface area contributed by atoms with Crippen LogP contribution in [0.25, 0.3) is 17.0 Å². The summed E-state index contributed by atoms with van der Waals surface area (Å²) in [7, 11) is 0. The van der Waals surface area contributed by atoms with Crippen LogP contribution in [0, 0.1) is 0 Å². The van der Waals surface area contributed by atoms with Gasteiger partial charge < -0.3 is 15.8 Å². The molecule has 0 fully saturated rings. The lowest BCUT2D eigenvalue weighted by Crippen LogP contribution is -2.19. The number of primary amides is 1. The summed E-state index contributed by atoms with van der Waals surface area (Å²) in [5.41, 5.74) is 7.43. The second-order valence-corrected chi connectivity index (χ2v) is 5.56. The standard InChI is InChI=1S/C20H17N3O3/c21-19(24)13-26-17-7-3-14(4-8-17)5-10-20(25)23-16-6-9-18-15(12-16)2-1-11-22-18/h1-12H,13H2,(H2,21,24)(H,23,25)/b10-5+. The molecule has 3 rings (SSSR count). The Morgan fingerprint density at radius 3 is 2.69 bits per heavy atom. The molecule has 130 valence electrons. The predicted molar refractivity (Wildman–Crippen MR) is 101 cm³/mol. The second-order valence-electron chi connectivity index (χ2n) is 5.56. The lowest BCUT2D eigenvalue weighted by atomic mass is 10.2. The predicted octanol–water partition coefficient (Wildman–Crippen LogP) is 2.75.